The van der Waals surface area contributed by atoms with Crippen LogP contribution in [0.25, 0.3) is 0 Å². The zero-order valence-corrected chi connectivity index (χ0v) is 18.5. The van der Waals surface area contributed by atoms with Crippen LogP contribution in [0.1, 0.15) is 26.3 Å². The molecule has 1 fully saturated rings. The van der Waals surface area contributed by atoms with E-state index >= 15 is 0 Å². The largest absolute Gasteiger partial charge is 0.377 e. The summed E-state index contributed by atoms with van der Waals surface area (Å²) in [4.78, 5) is 54.5. The van der Waals surface area contributed by atoms with Crippen LogP contribution in [0.15, 0.2) is 33.7 Å². The summed E-state index contributed by atoms with van der Waals surface area (Å²) in [6, 6.07) is 0.510. The third-order valence-electron chi connectivity index (χ3n) is 4.25. The molecule has 1 aliphatic carbocycles. The van der Waals surface area contributed by atoms with E-state index in [9.17, 15) is 19.0 Å². The molecule has 164 valence electrons. The van der Waals surface area contributed by atoms with E-state index in [1.807, 2.05) is 0 Å². The third-order valence-corrected chi connectivity index (χ3v) is 6.52. The van der Waals surface area contributed by atoms with Gasteiger partial charge in [0.1, 0.15) is 12.2 Å². The maximum absolute atomic E-state index is 12.2. The molecular formula is C15H24N2O9P2S. The lowest BCUT2D eigenvalue weighted by Crippen LogP contribution is -2.38. The monoisotopic (exact) mass is 470 g/mol. The van der Waals surface area contributed by atoms with E-state index in [1.54, 1.807) is 13.8 Å². The Kier molecular flexibility index (Phi) is 7.94. The topological polar surface area (TPSA) is 160 Å². The molecule has 0 aromatic carbocycles. The van der Waals surface area contributed by atoms with Gasteiger partial charge in [-0.2, -0.15) is 0 Å². The molecule has 5 atom stereocenters. The zero-order chi connectivity index (χ0) is 22.0. The lowest BCUT2D eigenvalue weighted by atomic mass is 10.1. The van der Waals surface area contributed by atoms with Crippen LogP contribution < -0.4 is 11.2 Å². The van der Waals surface area contributed by atoms with Crippen molar-refractivity contribution < 1.29 is 33.0 Å². The molecule has 0 amide bonds. The van der Waals surface area contributed by atoms with Gasteiger partial charge in [0.15, 0.2) is 0 Å². The molecule has 1 unspecified atom stereocenters. The van der Waals surface area contributed by atoms with Crippen LogP contribution in [0.4, 0.5) is 0 Å². The summed E-state index contributed by atoms with van der Waals surface area (Å²) in [5.41, 5.74) is -1.25. The van der Waals surface area contributed by atoms with Crippen LogP contribution in [-0.4, -0.2) is 49.7 Å². The molecule has 1 heterocycles. The van der Waals surface area contributed by atoms with Gasteiger partial charge in [-0.3, -0.25) is 18.9 Å². The Morgan fingerprint density at radius 3 is 2.48 bits per heavy atom. The minimum absolute atomic E-state index is 0.169. The van der Waals surface area contributed by atoms with Crippen molar-refractivity contribution in [2.75, 3.05) is 7.11 Å². The molecule has 11 nitrogen and oxygen atoms in total. The lowest BCUT2D eigenvalue weighted by molar-refractivity contribution is -0.0161. The van der Waals surface area contributed by atoms with Gasteiger partial charge in [0.05, 0.1) is 12.1 Å². The van der Waals surface area contributed by atoms with Crippen molar-refractivity contribution in [2.45, 2.75) is 44.6 Å². The SMILES string of the molecule is CO[C@@H]1[C@H](OP(O)(=S)OC(C)C)[C@@H](/C=C/P(=O)(O)O)C[C@H]1n1ccc(=O)[nH]c1=O. The molecule has 1 aromatic rings. The van der Waals surface area contributed by atoms with Crippen LogP contribution in [0.5, 0.6) is 0 Å². The molecule has 14 heteroatoms. The van der Waals surface area contributed by atoms with Gasteiger partial charge in [-0.05, 0) is 32.1 Å². The first-order chi connectivity index (χ1) is 13.3. The molecule has 0 bridgehead atoms. The summed E-state index contributed by atoms with van der Waals surface area (Å²) in [6.45, 7) is -0.380. The Balaban J connectivity index is 2.45. The van der Waals surface area contributed by atoms with E-state index in [2.05, 4.69) is 4.98 Å². The van der Waals surface area contributed by atoms with E-state index in [4.69, 9.17) is 35.4 Å². The molecule has 1 aliphatic rings. The first kappa shape index (κ1) is 24.3. The highest BCUT2D eigenvalue weighted by molar-refractivity contribution is 8.07. The highest BCUT2D eigenvalue weighted by Crippen LogP contribution is 2.52. The van der Waals surface area contributed by atoms with Crippen molar-refractivity contribution in [3.8, 4) is 0 Å². The van der Waals surface area contributed by atoms with E-state index < -0.39 is 55.8 Å². The van der Waals surface area contributed by atoms with Crippen LogP contribution in [0.3, 0.4) is 0 Å². The Bertz CT molecular complexity index is 954. The number of H-pyrrole nitrogens is 1. The normalized spacial score (nSPS) is 27.6. The number of rotatable bonds is 8. The smallest absolute Gasteiger partial charge is 0.348 e. The third kappa shape index (κ3) is 6.78. The molecule has 2 rings (SSSR count). The summed E-state index contributed by atoms with van der Waals surface area (Å²) in [6.07, 6.45) is 0.511. The van der Waals surface area contributed by atoms with Crippen molar-refractivity contribution in [1.29, 1.82) is 0 Å². The summed E-state index contributed by atoms with van der Waals surface area (Å²) >= 11 is 5.04. The van der Waals surface area contributed by atoms with E-state index in [0.717, 1.165) is 5.82 Å². The molecular weight excluding hydrogens is 446 g/mol. The maximum atomic E-state index is 12.2. The van der Waals surface area contributed by atoms with Gasteiger partial charge in [-0.1, -0.05) is 6.08 Å². The fourth-order valence-electron chi connectivity index (χ4n) is 3.26. The van der Waals surface area contributed by atoms with Crippen LogP contribution in [0, 0.1) is 5.92 Å². The Morgan fingerprint density at radius 1 is 1.31 bits per heavy atom. The summed E-state index contributed by atoms with van der Waals surface area (Å²) in [5, 5.41) is 0. The fraction of sp³-hybridized carbons (Fsp3) is 0.600. The van der Waals surface area contributed by atoms with E-state index in [1.165, 1.54) is 30.0 Å². The van der Waals surface area contributed by atoms with Crippen molar-refractivity contribution in [3.05, 3.63) is 45.0 Å². The number of hydrogen-bond donors (Lipinski definition) is 4. The highest BCUT2D eigenvalue weighted by Gasteiger charge is 2.47. The summed E-state index contributed by atoms with van der Waals surface area (Å²) in [5.74, 6) is 0.0600. The van der Waals surface area contributed by atoms with Crippen molar-refractivity contribution in [2.24, 2.45) is 5.92 Å². The van der Waals surface area contributed by atoms with Gasteiger partial charge >= 0.3 is 20.0 Å². The average molecular weight is 470 g/mol. The molecule has 0 radical (unpaired) electrons. The standard InChI is InChI=1S/C15H24N2O9P2S/c1-9(2)25-28(23,29)26-13-10(5-7-27(20,21)22)8-11(14(13)24-3)17-6-4-12(18)16-15(17)19/h4-7,9-11,13-14H,8H2,1-3H3,(H,23,29)(H,16,18,19)(H2,20,21,22)/b7-5+/t10-,11+,13+,14-,28?/m0/s1. The van der Waals surface area contributed by atoms with Gasteiger partial charge in [0.2, 0.25) is 0 Å². The Hall–Kier alpha value is -0.940. The number of ether oxygens (including phenoxy) is 1. The number of aromatic amines is 1. The fourth-order valence-corrected chi connectivity index (χ4v) is 5.68. The molecule has 4 N–H and O–H groups in total. The van der Waals surface area contributed by atoms with Gasteiger partial charge < -0.3 is 28.5 Å². The van der Waals surface area contributed by atoms with Crippen LogP contribution in [-0.2, 0) is 30.2 Å². The average Bonchev–Trinajstić information content (AvgIpc) is 2.87. The summed E-state index contributed by atoms with van der Waals surface area (Å²) in [7, 11) is -3.09. The lowest BCUT2D eigenvalue weighted by Gasteiger charge is -2.29. The second-order valence-corrected chi connectivity index (χ2v) is 11.0. The molecule has 29 heavy (non-hydrogen) atoms. The quantitative estimate of drug-likeness (QED) is 0.401. The van der Waals surface area contributed by atoms with Gasteiger partial charge in [0, 0.05) is 31.1 Å². The minimum atomic E-state index is -4.46. The second-order valence-electron chi connectivity index (χ2n) is 6.81. The first-order valence-corrected chi connectivity index (χ1v) is 12.9. The molecule has 0 saturated heterocycles. The first-order valence-electron chi connectivity index (χ1n) is 8.61. The van der Waals surface area contributed by atoms with Crippen molar-refractivity contribution in [1.82, 2.24) is 9.55 Å². The van der Waals surface area contributed by atoms with Crippen molar-refractivity contribution in [3.63, 3.8) is 0 Å². The van der Waals surface area contributed by atoms with E-state index in [0.29, 0.717) is 0 Å². The summed E-state index contributed by atoms with van der Waals surface area (Å²) < 4.78 is 28.9. The minimum Gasteiger partial charge on any atom is -0.377 e. The van der Waals surface area contributed by atoms with Gasteiger partial charge in [-0.15, -0.1) is 0 Å². The van der Waals surface area contributed by atoms with E-state index in [-0.39, 0.29) is 6.42 Å². The number of nitrogens with zero attached hydrogens (tertiary/aromatic N) is 1. The second kappa shape index (κ2) is 9.47. The number of nitrogens with one attached hydrogen (secondary N) is 1. The number of hydrogen-bond acceptors (Lipinski definition) is 7. The van der Waals surface area contributed by atoms with Crippen LogP contribution in [0.2, 0.25) is 0 Å². The Labute approximate surface area is 171 Å². The van der Waals surface area contributed by atoms with Crippen LogP contribution >= 0.6 is 14.3 Å². The molecule has 1 aromatic heterocycles. The molecule has 0 aliphatic heterocycles. The molecule has 0 spiro atoms. The maximum Gasteiger partial charge on any atom is 0.348 e. The zero-order valence-electron chi connectivity index (χ0n) is 15.9. The predicted molar refractivity (Wildman–Crippen MR) is 108 cm³/mol. The van der Waals surface area contributed by atoms with Gasteiger partial charge in [0.25, 0.3) is 5.56 Å². The number of aromatic nitrogens is 2. The highest BCUT2D eigenvalue weighted by atomic mass is 32.5. The number of methoxy groups -OCH3 is 1. The molecule has 1 saturated carbocycles. The van der Waals surface area contributed by atoms with Gasteiger partial charge in [-0.25, -0.2) is 4.79 Å². The Morgan fingerprint density at radius 2 is 1.97 bits per heavy atom. The van der Waals surface area contributed by atoms with Crippen molar-refractivity contribution >= 4 is 26.1 Å². The predicted octanol–water partition coefficient (Wildman–Crippen LogP) is 0.831.